The molecule has 1 aromatic heterocycles. The van der Waals surface area contributed by atoms with Crippen LogP contribution in [0.3, 0.4) is 0 Å². The number of amides is 2. The van der Waals surface area contributed by atoms with Crippen LogP contribution in [0.15, 0.2) is 12.5 Å². The minimum Gasteiger partial charge on any atom is -0.481 e. The Morgan fingerprint density at radius 1 is 1.40 bits per heavy atom. The second-order valence-electron chi connectivity index (χ2n) is 4.98. The summed E-state index contributed by atoms with van der Waals surface area (Å²) in [5.41, 5.74) is 0.836. The van der Waals surface area contributed by atoms with Crippen LogP contribution in [0.25, 0.3) is 0 Å². The SMILES string of the molecule is CC(CCCC(C)C(=O)O)NC(=O)NCc1cnc[nH]1. The second kappa shape index (κ2) is 8.19. The van der Waals surface area contributed by atoms with Crippen molar-refractivity contribution in [3.05, 3.63) is 18.2 Å². The van der Waals surface area contributed by atoms with Gasteiger partial charge in [0, 0.05) is 12.2 Å². The normalized spacial score (nSPS) is 13.5. The Bertz CT molecular complexity index is 419. The third kappa shape index (κ3) is 6.21. The molecule has 1 aromatic rings. The number of H-pyrrole nitrogens is 1. The topological polar surface area (TPSA) is 107 Å². The Balaban J connectivity index is 2.13. The highest BCUT2D eigenvalue weighted by Crippen LogP contribution is 2.09. The van der Waals surface area contributed by atoms with Crippen LogP contribution in [0.4, 0.5) is 4.79 Å². The average Bonchev–Trinajstić information content (AvgIpc) is 2.89. The number of nitrogens with one attached hydrogen (secondary N) is 3. The molecule has 0 bridgehead atoms. The maximum absolute atomic E-state index is 11.6. The van der Waals surface area contributed by atoms with Crippen LogP contribution in [-0.2, 0) is 11.3 Å². The summed E-state index contributed by atoms with van der Waals surface area (Å²) < 4.78 is 0. The van der Waals surface area contributed by atoms with Crippen LogP contribution < -0.4 is 10.6 Å². The van der Waals surface area contributed by atoms with Crippen molar-refractivity contribution in [1.29, 1.82) is 0 Å². The zero-order valence-electron chi connectivity index (χ0n) is 11.8. The number of hydrogen-bond acceptors (Lipinski definition) is 3. The van der Waals surface area contributed by atoms with Crippen molar-refractivity contribution in [2.75, 3.05) is 0 Å². The molecule has 0 fully saturated rings. The zero-order valence-corrected chi connectivity index (χ0v) is 11.8. The van der Waals surface area contributed by atoms with Gasteiger partial charge in [-0.1, -0.05) is 13.3 Å². The number of aromatic nitrogens is 2. The summed E-state index contributed by atoms with van der Waals surface area (Å²) in [6.07, 6.45) is 5.36. The predicted molar refractivity (Wildman–Crippen MR) is 74.1 cm³/mol. The number of rotatable bonds is 8. The van der Waals surface area contributed by atoms with E-state index < -0.39 is 5.97 Å². The number of aliphatic carboxylic acids is 1. The number of aromatic amines is 1. The highest BCUT2D eigenvalue weighted by atomic mass is 16.4. The predicted octanol–water partition coefficient (Wildman–Crippen LogP) is 1.49. The number of carbonyl (C=O) groups is 2. The smallest absolute Gasteiger partial charge is 0.315 e. The third-order valence-electron chi connectivity index (χ3n) is 3.07. The van der Waals surface area contributed by atoms with Gasteiger partial charge in [0.25, 0.3) is 0 Å². The van der Waals surface area contributed by atoms with E-state index in [9.17, 15) is 9.59 Å². The van der Waals surface area contributed by atoms with Gasteiger partial charge in [-0.3, -0.25) is 4.79 Å². The van der Waals surface area contributed by atoms with E-state index in [4.69, 9.17) is 5.11 Å². The lowest BCUT2D eigenvalue weighted by atomic mass is 10.0. The monoisotopic (exact) mass is 282 g/mol. The first-order chi connectivity index (χ1) is 9.49. The number of imidazole rings is 1. The first kappa shape index (κ1) is 16.0. The van der Waals surface area contributed by atoms with Crippen LogP contribution >= 0.6 is 0 Å². The number of carboxylic acids is 1. The highest BCUT2D eigenvalue weighted by molar-refractivity contribution is 5.74. The minimum absolute atomic E-state index is 0.0118. The van der Waals surface area contributed by atoms with Gasteiger partial charge in [-0.25, -0.2) is 9.78 Å². The highest BCUT2D eigenvalue weighted by Gasteiger charge is 2.12. The molecule has 2 atom stereocenters. The first-order valence-corrected chi connectivity index (χ1v) is 6.73. The van der Waals surface area contributed by atoms with E-state index in [1.807, 2.05) is 6.92 Å². The quantitative estimate of drug-likeness (QED) is 0.579. The third-order valence-corrected chi connectivity index (χ3v) is 3.07. The lowest BCUT2D eigenvalue weighted by Gasteiger charge is -2.15. The van der Waals surface area contributed by atoms with Crippen LogP contribution in [0.5, 0.6) is 0 Å². The molecule has 0 saturated heterocycles. The lowest BCUT2D eigenvalue weighted by molar-refractivity contribution is -0.141. The molecule has 7 heteroatoms. The Morgan fingerprint density at radius 3 is 2.75 bits per heavy atom. The van der Waals surface area contributed by atoms with Gasteiger partial charge in [0.2, 0.25) is 0 Å². The van der Waals surface area contributed by atoms with Crippen molar-refractivity contribution in [1.82, 2.24) is 20.6 Å². The fraction of sp³-hybridized carbons (Fsp3) is 0.615. The van der Waals surface area contributed by atoms with E-state index >= 15 is 0 Å². The fourth-order valence-corrected chi connectivity index (χ4v) is 1.76. The number of urea groups is 1. The van der Waals surface area contributed by atoms with Gasteiger partial charge in [-0.2, -0.15) is 0 Å². The summed E-state index contributed by atoms with van der Waals surface area (Å²) in [6, 6.07) is -0.226. The van der Waals surface area contributed by atoms with E-state index in [1.54, 1.807) is 19.4 Å². The Hall–Kier alpha value is -2.05. The molecule has 112 valence electrons. The summed E-state index contributed by atoms with van der Waals surface area (Å²) in [7, 11) is 0. The van der Waals surface area contributed by atoms with Crippen molar-refractivity contribution < 1.29 is 14.7 Å². The maximum Gasteiger partial charge on any atom is 0.315 e. The van der Waals surface area contributed by atoms with Gasteiger partial charge in [-0.15, -0.1) is 0 Å². The van der Waals surface area contributed by atoms with Gasteiger partial charge in [-0.05, 0) is 19.8 Å². The van der Waals surface area contributed by atoms with Gasteiger partial charge < -0.3 is 20.7 Å². The summed E-state index contributed by atoms with van der Waals surface area (Å²) >= 11 is 0. The molecule has 1 rings (SSSR count). The molecule has 20 heavy (non-hydrogen) atoms. The van der Waals surface area contributed by atoms with Crippen LogP contribution in [-0.4, -0.2) is 33.1 Å². The lowest BCUT2D eigenvalue weighted by Crippen LogP contribution is -2.40. The largest absolute Gasteiger partial charge is 0.481 e. The molecule has 0 aliphatic heterocycles. The number of nitrogens with zero attached hydrogens (tertiary/aromatic N) is 1. The molecule has 2 unspecified atom stereocenters. The standard InChI is InChI=1S/C13H22N4O3/c1-9(12(18)19)4-3-5-10(2)17-13(20)15-7-11-6-14-8-16-11/h6,8-10H,3-5,7H2,1-2H3,(H,14,16)(H,18,19)(H2,15,17,20). The van der Waals surface area contributed by atoms with Gasteiger partial charge >= 0.3 is 12.0 Å². The number of carbonyl (C=O) groups excluding carboxylic acids is 1. The minimum atomic E-state index is -0.775. The maximum atomic E-state index is 11.6. The Kier molecular flexibility index (Phi) is 6.55. The molecular weight excluding hydrogens is 260 g/mol. The summed E-state index contributed by atoms with van der Waals surface area (Å²) in [5.74, 6) is -1.11. The van der Waals surface area contributed by atoms with E-state index in [0.29, 0.717) is 13.0 Å². The molecule has 1 heterocycles. The molecule has 7 nitrogen and oxygen atoms in total. The molecule has 0 aromatic carbocycles. The summed E-state index contributed by atoms with van der Waals surface area (Å²) in [4.78, 5) is 29.0. The molecule has 0 aliphatic rings. The van der Waals surface area contributed by atoms with Gasteiger partial charge in [0.1, 0.15) is 0 Å². The fourth-order valence-electron chi connectivity index (χ4n) is 1.76. The molecule has 0 spiro atoms. The zero-order chi connectivity index (χ0) is 15.0. The van der Waals surface area contributed by atoms with Crippen molar-refractivity contribution >= 4 is 12.0 Å². The van der Waals surface area contributed by atoms with Crippen molar-refractivity contribution in [3.63, 3.8) is 0 Å². The number of carboxylic acid groups (broad SMARTS) is 1. The van der Waals surface area contributed by atoms with E-state index in [1.165, 1.54) is 0 Å². The Labute approximate surface area is 118 Å². The molecule has 0 radical (unpaired) electrons. The van der Waals surface area contributed by atoms with E-state index in [2.05, 4.69) is 20.6 Å². The molecule has 2 amide bonds. The van der Waals surface area contributed by atoms with Crippen molar-refractivity contribution in [3.8, 4) is 0 Å². The van der Waals surface area contributed by atoms with Crippen LogP contribution in [0, 0.1) is 5.92 Å². The second-order valence-corrected chi connectivity index (χ2v) is 4.98. The van der Waals surface area contributed by atoms with Gasteiger partial charge in [0.05, 0.1) is 24.5 Å². The van der Waals surface area contributed by atoms with Gasteiger partial charge in [0.15, 0.2) is 0 Å². The van der Waals surface area contributed by atoms with Crippen molar-refractivity contribution in [2.24, 2.45) is 5.92 Å². The van der Waals surface area contributed by atoms with E-state index in [-0.39, 0.29) is 18.0 Å². The van der Waals surface area contributed by atoms with Crippen LogP contribution in [0.2, 0.25) is 0 Å². The summed E-state index contributed by atoms with van der Waals surface area (Å²) in [5, 5.41) is 14.3. The van der Waals surface area contributed by atoms with E-state index in [0.717, 1.165) is 18.5 Å². The summed E-state index contributed by atoms with van der Waals surface area (Å²) in [6.45, 7) is 3.99. The molecular formula is C13H22N4O3. The Morgan fingerprint density at radius 2 is 2.15 bits per heavy atom. The number of hydrogen-bond donors (Lipinski definition) is 4. The van der Waals surface area contributed by atoms with Crippen molar-refractivity contribution in [2.45, 2.75) is 45.7 Å². The molecule has 4 N–H and O–H groups in total. The average molecular weight is 282 g/mol. The molecule has 0 saturated carbocycles. The van der Waals surface area contributed by atoms with Crippen LogP contribution in [0.1, 0.15) is 38.8 Å². The first-order valence-electron chi connectivity index (χ1n) is 6.73. The molecule has 0 aliphatic carbocycles.